The van der Waals surface area contributed by atoms with E-state index >= 15 is 0 Å². The van der Waals surface area contributed by atoms with Crippen LogP contribution in [0.25, 0.3) is 0 Å². The fraction of sp³-hybridized carbons (Fsp3) is 0.406. The molecule has 2 aromatic rings. The summed E-state index contributed by atoms with van der Waals surface area (Å²) in [4.78, 5) is 47.3. The van der Waals surface area contributed by atoms with Crippen molar-refractivity contribution >= 4 is 39.3 Å². The van der Waals surface area contributed by atoms with Gasteiger partial charge in [0.15, 0.2) is 0 Å². The number of hydrogen-bond donors (Lipinski definition) is 1. The lowest BCUT2D eigenvalue weighted by molar-refractivity contribution is -0.145. The molecule has 5 rings (SSSR count). The first-order valence-electron chi connectivity index (χ1n) is 14.0. The van der Waals surface area contributed by atoms with Crippen LogP contribution in [0.1, 0.15) is 12.0 Å². The molecule has 0 aliphatic carbocycles. The summed E-state index contributed by atoms with van der Waals surface area (Å²) in [6, 6.07) is 15.7. The minimum Gasteiger partial charge on any atom is -0.497 e. The van der Waals surface area contributed by atoms with Gasteiger partial charge in [0.2, 0.25) is 11.8 Å². The van der Waals surface area contributed by atoms with E-state index in [0.29, 0.717) is 30.9 Å². The number of aliphatic hydroxyl groups is 1. The first-order valence-corrected chi connectivity index (χ1v) is 15.0. The zero-order chi connectivity index (χ0) is 30.0. The van der Waals surface area contributed by atoms with E-state index in [2.05, 4.69) is 29.1 Å². The fourth-order valence-corrected chi connectivity index (χ4v) is 7.75. The van der Waals surface area contributed by atoms with Gasteiger partial charge >= 0.3 is 0 Å². The van der Waals surface area contributed by atoms with Crippen molar-refractivity contribution in [2.75, 3.05) is 38.3 Å². The highest BCUT2D eigenvalue weighted by Crippen LogP contribution is 2.60. The van der Waals surface area contributed by atoms with Crippen LogP contribution in [0.3, 0.4) is 0 Å². The molecule has 10 heteroatoms. The summed E-state index contributed by atoms with van der Waals surface area (Å²) in [5, 5.41) is 9.96. The summed E-state index contributed by atoms with van der Waals surface area (Å²) in [6.45, 7) is 8.12. The molecule has 3 fully saturated rings. The van der Waals surface area contributed by atoms with Crippen molar-refractivity contribution < 1.29 is 29.0 Å². The largest absolute Gasteiger partial charge is 0.497 e. The maximum absolute atomic E-state index is 14.5. The molecule has 42 heavy (non-hydrogen) atoms. The summed E-state index contributed by atoms with van der Waals surface area (Å²) in [5.74, 6) is -1.95. The molecule has 0 radical (unpaired) electrons. The minimum absolute atomic E-state index is 0.0552. The van der Waals surface area contributed by atoms with Crippen LogP contribution >= 0.6 is 15.9 Å². The number of ether oxygens (including phenoxy) is 2. The van der Waals surface area contributed by atoms with Crippen molar-refractivity contribution in [3.63, 3.8) is 0 Å². The molecular formula is C32H36BrN3O6. The molecule has 3 unspecified atom stereocenters. The molecule has 9 nitrogen and oxygen atoms in total. The standard InChI is InChI=1S/C32H36BrN3O6/c1-4-15-34(20-21-9-7-6-8-10-21)29(38)25-26-30(39)36(17-18-37)28(32(26)19-24(33)27(25)42-32)31(40)35(16-5-2)22-11-13-23(41-3)14-12-22/h4-14,24-28,37H,1-2,15-20H2,3H3/t24?,25-,26+,27-,28?,32?/m1/s1. The molecule has 0 aromatic heterocycles. The van der Waals surface area contributed by atoms with Crippen molar-refractivity contribution in [1.82, 2.24) is 9.80 Å². The molecule has 1 spiro atoms. The SMILES string of the molecule is C=CCN(Cc1ccccc1)C(=O)[C@H]1[C@@H]2OC3(CC2Br)C(C(=O)N(CC=C)c2ccc(OC)cc2)N(CCO)C(=O)[C@H]13. The predicted molar refractivity (Wildman–Crippen MR) is 162 cm³/mol. The topological polar surface area (TPSA) is 99.6 Å². The van der Waals surface area contributed by atoms with Crippen LogP contribution in [0, 0.1) is 11.8 Å². The Bertz CT molecular complexity index is 1340. The Labute approximate surface area is 254 Å². The number of carbonyl (C=O) groups is 3. The zero-order valence-electron chi connectivity index (χ0n) is 23.6. The molecule has 3 aliphatic heterocycles. The highest BCUT2D eigenvalue weighted by molar-refractivity contribution is 9.09. The average Bonchev–Trinajstić information content (AvgIpc) is 3.59. The molecule has 222 valence electrons. The Morgan fingerprint density at radius 1 is 1.12 bits per heavy atom. The van der Waals surface area contributed by atoms with Gasteiger partial charge in [0.05, 0.1) is 31.7 Å². The van der Waals surface area contributed by atoms with E-state index in [-0.39, 0.29) is 42.2 Å². The Balaban J connectivity index is 1.53. The van der Waals surface area contributed by atoms with E-state index in [1.165, 1.54) is 4.90 Å². The average molecular weight is 639 g/mol. The van der Waals surface area contributed by atoms with E-state index in [9.17, 15) is 19.5 Å². The number of likely N-dealkylation sites (tertiary alicyclic amines) is 1. The second kappa shape index (κ2) is 12.4. The summed E-state index contributed by atoms with van der Waals surface area (Å²) >= 11 is 3.72. The quantitative estimate of drug-likeness (QED) is 0.284. The monoisotopic (exact) mass is 637 g/mol. The van der Waals surface area contributed by atoms with Crippen LogP contribution in [-0.2, 0) is 25.7 Å². The highest BCUT2D eigenvalue weighted by Gasteiger charge is 2.76. The molecule has 3 heterocycles. The predicted octanol–water partition coefficient (Wildman–Crippen LogP) is 3.17. The Kier molecular flexibility index (Phi) is 8.86. The van der Waals surface area contributed by atoms with Crippen molar-refractivity contribution in [3.8, 4) is 5.75 Å². The van der Waals surface area contributed by atoms with E-state index in [0.717, 1.165) is 5.56 Å². The van der Waals surface area contributed by atoms with Gasteiger partial charge in [-0.3, -0.25) is 14.4 Å². The lowest BCUT2D eigenvalue weighted by Gasteiger charge is -2.37. The third kappa shape index (κ3) is 5.05. The molecule has 3 amide bonds. The van der Waals surface area contributed by atoms with Gasteiger partial charge in [0, 0.05) is 36.7 Å². The summed E-state index contributed by atoms with van der Waals surface area (Å²) in [6.07, 6.45) is 3.07. The van der Waals surface area contributed by atoms with Gasteiger partial charge in [-0.1, -0.05) is 58.4 Å². The van der Waals surface area contributed by atoms with Gasteiger partial charge in [-0.2, -0.15) is 0 Å². The fourth-order valence-electron chi connectivity index (χ4n) is 6.80. The summed E-state index contributed by atoms with van der Waals surface area (Å²) < 4.78 is 11.9. The summed E-state index contributed by atoms with van der Waals surface area (Å²) in [5.41, 5.74) is 0.322. The molecule has 3 saturated heterocycles. The van der Waals surface area contributed by atoms with E-state index in [1.807, 2.05) is 30.3 Å². The van der Waals surface area contributed by atoms with Crippen LogP contribution in [0.15, 0.2) is 79.9 Å². The van der Waals surface area contributed by atoms with Gasteiger partial charge in [-0.15, -0.1) is 13.2 Å². The van der Waals surface area contributed by atoms with Gasteiger partial charge < -0.3 is 29.3 Å². The molecular weight excluding hydrogens is 602 g/mol. The molecule has 6 atom stereocenters. The lowest BCUT2D eigenvalue weighted by Crippen LogP contribution is -2.57. The van der Waals surface area contributed by atoms with Crippen molar-refractivity contribution in [2.24, 2.45) is 11.8 Å². The van der Waals surface area contributed by atoms with Crippen LogP contribution in [0.5, 0.6) is 5.75 Å². The number of benzene rings is 2. The number of alkyl halides is 1. The Morgan fingerprint density at radius 2 is 1.81 bits per heavy atom. The van der Waals surface area contributed by atoms with E-state index in [4.69, 9.17) is 9.47 Å². The number of aliphatic hydroxyl groups excluding tert-OH is 1. The number of rotatable bonds is 12. The number of nitrogens with zero attached hydrogens (tertiary/aromatic N) is 3. The second-order valence-electron chi connectivity index (χ2n) is 10.8. The third-order valence-corrected chi connectivity index (χ3v) is 9.33. The maximum atomic E-state index is 14.5. The number of halogens is 1. The number of amides is 3. The van der Waals surface area contributed by atoms with Gasteiger partial charge in [0.25, 0.3) is 5.91 Å². The van der Waals surface area contributed by atoms with Crippen LogP contribution in [0.2, 0.25) is 0 Å². The Morgan fingerprint density at radius 3 is 2.43 bits per heavy atom. The first kappa shape index (κ1) is 30.0. The Hall–Kier alpha value is -3.47. The molecule has 2 bridgehead atoms. The number of anilines is 1. The molecule has 2 aromatic carbocycles. The first-order chi connectivity index (χ1) is 20.3. The van der Waals surface area contributed by atoms with E-state index in [1.54, 1.807) is 53.3 Å². The normalized spacial score (nSPS) is 27.5. The van der Waals surface area contributed by atoms with Crippen LogP contribution < -0.4 is 9.64 Å². The highest BCUT2D eigenvalue weighted by atomic mass is 79.9. The van der Waals surface area contributed by atoms with Gasteiger partial charge in [-0.05, 0) is 36.2 Å². The van der Waals surface area contributed by atoms with Crippen molar-refractivity contribution in [3.05, 3.63) is 85.5 Å². The molecule has 3 aliphatic rings. The zero-order valence-corrected chi connectivity index (χ0v) is 25.2. The number of β-amino-alcohol motifs (C(OH)–C–C–N with tert-alkyl or cyclic N) is 1. The smallest absolute Gasteiger partial charge is 0.253 e. The molecule has 1 N–H and O–H groups in total. The number of methoxy groups -OCH3 is 1. The lowest BCUT2D eigenvalue weighted by atomic mass is 9.70. The summed E-state index contributed by atoms with van der Waals surface area (Å²) in [7, 11) is 1.57. The van der Waals surface area contributed by atoms with Gasteiger partial charge in [0.1, 0.15) is 17.4 Å². The van der Waals surface area contributed by atoms with Crippen LogP contribution in [-0.4, -0.2) is 88.6 Å². The molecule has 0 saturated carbocycles. The number of fused-ring (bicyclic) bond motifs is 1. The van der Waals surface area contributed by atoms with Crippen LogP contribution in [0.4, 0.5) is 5.69 Å². The minimum atomic E-state index is -1.24. The third-order valence-electron chi connectivity index (χ3n) is 8.49. The van der Waals surface area contributed by atoms with Gasteiger partial charge in [-0.25, -0.2) is 0 Å². The maximum Gasteiger partial charge on any atom is 0.253 e. The second-order valence-corrected chi connectivity index (χ2v) is 12.0. The number of hydrogen-bond acceptors (Lipinski definition) is 6. The van der Waals surface area contributed by atoms with Crippen molar-refractivity contribution in [2.45, 2.75) is 35.5 Å². The number of carbonyl (C=O) groups excluding carboxylic acids is 3. The van der Waals surface area contributed by atoms with Crippen molar-refractivity contribution in [1.29, 1.82) is 0 Å². The van der Waals surface area contributed by atoms with E-state index < -0.39 is 29.6 Å².